The highest BCUT2D eigenvalue weighted by Crippen LogP contribution is 1.98. The van der Waals surface area contributed by atoms with Gasteiger partial charge in [0.15, 0.2) is 0 Å². The average molecular weight is 176 g/mol. The molecule has 0 unspecified atom stereocenters. The maximum Gasteiger partial charge on any atom is 0.0340 e. The number of hydrogen-bond acceptors (Lipinski definition) is 2. The molecule has 1 rings (SSSR count). The second-order valence-corrected chi connectivity index (χ2v) is 2.83. The number of rotatable bonds is 5. The van der Waals surface area contributed by atoms with E-state index >= 15 is 0 Å². The summed E-state index contributed by atoms with van der Waals surface area (Å²) < 4.78 is 0. The fourth-order valence-electron chi connectivity index (χ4n) is 1.06. The van der Waals surface area contributed by atoms with Gasteiger partial charge in [-0.05, 0) is 31.1 Å². The minimum atomic E-state index is 1.04. The fourth-order valence-corrected chi connectivity index (χ4v) is 1.06. The van der Waals surface area contributed by atoms with Crippen molar-refractivity contribution in [3.05, 3.63) is 36.2 Å². The first-order chi connectivity index (χ1) is 6.43. The van der Waals surface area contributed by atoms with Crippen molar-refractivity contribution in [1.82, 2.24) is 10.3 Å². The highest BCUT2D eigenvalue weighted by molar-refractivity contribution is 5.47. The molecule has 13 heavy (non-hydrogen) atoms. The minimum absolute atomic E-state index is 1.04. The van der Waals surface area contributed by atoms with Crippen LogP contribution in [0, 0.1) is 0 Å². The van der Waals surface area contributed by atoms with Gasteiger partial charge in [-0.3, -0.25) is 4.98 Å². The highest BCUT2D eigenvalue weighted by Gasteiger charge is 1.83. The Hall–Kier alpha value is -1.15. The van der Waals surface area contributed by atoms with E-state index in [4.69, 9.17) is 0 Å². The molecule has 2 heteroatoms. The normalized spacial score (nSPS) is 10.8. The van der Waals surface area contributed by atoms with Crippen LogP contribution in [0.4, 0.5) is 0 Å². The largest absolute Gasteiger partial charge is 0.317 e. The minimum Gasteiger partial charge on any atom is -0.317 e. The standard InChI is InChI=1S/C11H16N2/c1-2-12-8-4-3-6-11-7-5-9-13-10-11/h3,5-7,9-10,12H,2,4,8H2,1H3. The molecule has 1 N–H and O–H groups in total. The van der Waals surface area contributed by atoms with Crippen LogP contribution in [0.15, 0.2) is 30.6 Å². The van der Waals surface area contributed by atoms with Crippen LogP contribution in [-0.2, 0) is 0 Å². The third kappa shape index (κ3) is 4.43. The predicted molar refractivity (Wildman–Crippen MR) is 56.4 cm³/mol. The molecule has 1 heterocycles. The third-order valence-electron chi connectivity index (χ3n) is 1.73. The van der Waals surface area contributed by atoms with Gasteiger partial charge in [-0.1, -0.05) is 25.1 Å². The van der Waals surface area contributed by atoms with Gasteiger partial charge in [0.25, 0.3) is 0 Å². The summed E-state index contributed by atoms with van der Waals surface area (Å²) in [5.41, 5.74) is 1.17. The fraction of sp³-hybridized carbons (Fsp3) is 0.364. The molecule has 0 amide bonds. The lowest BCUT2D eigenvalue weighted by molar-refractivity contribution is 0.727. The zero-order chi connectivity index (χ0) is 9.36. The first-order valence-corrected chi connectivity index (χ1v) is 4.70. The molecule has 0 aliphatic carbocycles. The third-order valence-corrected chi connectivity index (χ3v) is 1.73. The van der Waals surface area contributed by atoms with Crippen LogP contribution in [-0.4, -0.2) is 18.1 Å². The number of nitrogens with zero attached hydrogens (tertiary/aromatic N) is 1. The number of nitrogens with one attached hydrogen (secondary N) is 1. The van der Waals surface area contributed by atoms with E-state index in [1.807, 2.05) is 12.3 Å². The van der Waals surface area contributed by atoms with Gasteiger partial charge in [0.2, 0.25) is 0 Å². The van der Waals surface area contributed by atoms with Crippen LogP contribution in [0.25, 0.3) is 6.08 Å². The number of pyridine rings is 1. The average Bonchev–Trinajstić information content (AvgIpc) is 2.19. The quantitative estimate of drug-likeness (QED) is 0.695. The SMILES string of the molecule is CCNCCC=Cc1cccnc1. The molecule has 0 spiro atoms. The number of hydrogen-bond donors (Lipinski definition) is 1. The maximum absolute atomic E-state index is 4.03. The summed E-state index contributed by atoms with van der Waals surface area (Å²) in [6, 6.07) is 4.00. The molecular weight excluding hydrogens is 160 g/mol. The van der Waals surface area contributed by atoms with Crippen molar-refractivity contribution in [3.63, 3.8) is 0 Å². The van der Waals surface area contributed by atoms with Crippen molar-refractivity contribution >= 4 is 6.08 Å². The van der Waals surface area contributed by atoms with Gasteiger partial charge in [-0.15, -0.1) is 0 Å². The lowest BCUT2D eigenvalue weighted by Gasteiger charge is -1.95. The van der Waals surface area contributed by atoms with Crippen molar-refractivity contribution in [3.8, 4) is 0 Å². The van der Waals surface area contributed by atoms with E-state index < -0.39 is 0 Å². The summed E-state index contributed by atoms with van der Waals surface area (Å²) in [5, 5.41) is 3.27. The summed E-state index contributed by atoms with van der Waals surface area (Å²) in [6.07, 6.45) is 8.99. The van der Waals surface area contributed by atoms with Crippen LogP contribution in [0.5, 0.6) is 0 Å². The Morgan fingerprint density at radius 1 is 1.54 bits per heavy atom. The van der Waals surface area contributed by atoms with Crippen molar-refractivity contribution in [2.75, 3.05) is 13.1 Å². The van der Waals surface area contributed by atoms with E-state index in [0.29, 0.717) is 0 Å². The van der Waals surface area contributed by atoms with Gasteiger partial charge < -0.3 is 5.32 Å². The molecule has 0 aromatic carbocycles. The van der Waals surface area contributed by atoms with Gasteiger partial charge in [-0.25, -0.2) is 0 Å². The molecule has 0 aliphatic heterocycles. The van der Waals surface area contributed by atoms with Crippen LogP contribution in [0.2, 0.25) is 0 Å². The maximum atomic E-state index is 4.03. The Labute approximate surface area is 79.7 Å². The molecule has 0 bridgehead atoms. The zero-order valence-corrected chi connectivity index (χ0v) is 8.03. The van der Waals surface area contributed by atoms with E-state index in [0.717, 1.165) is 19.5 Å². The van der Waals surface area contributed by atoms with Gasteiger partial charge in [0.1, 0.15) is 0 Å². The molecule has 70 valence electrons. The summed E-state index contributed by atoms with van der Waals surface area (Å²) in [4.78, 5) is 4.03. The predicted octanol–water partition coefficient (Wildman–Crippen LogP) is 2.09. The van der Waals surface area contributed by atoms with E-state index in [1.54, 1.807) is 6.20 Å². The first-order valence-electron chi connectivity index (χ1n) is 4.70. The second kappa shape index (κ2) is 6.38. The summed E-state index contributed by atoms with van der Waals surface area (Å²) in [5.74, 6) is 0. The Bertz CT molecular complexity index is 242. The van der Waals surface area contributed by atoms with E-state index in [9.17, 15) is 0 Å². The molecule has 1 aromatic heterocycles. The van der Waals surface area contributed by atoms with E-state index in [1.165, 1.54) is 5.56 Å². The lowest BCUT2D eigenvalue weighted by Crippen LogP contribution is -2.12. The monoisotopic (exact) mass is 176 g/mol. The van der Waals surface area contributed by atoms with Crippen molar-refractivity contribution in [2.24, 2.45) is 0 Å². The summed E-state index contributed by atoms with van der Waals surface area (Å²) in [6.45, 7) is 4.21. The topological polar surface area (TPSA) is 24.9 Å². The zero-order valence-electron chi connectivity index (χ0n) is 8.03. The van der Waals surface area contributed by atoms with E-state index in [2.05, 4.69) is 35.4 Å². The van der Waals surface area contributed by atoms with Gasteiger partial charge >= 0.3 is 0 Å². The van der Waals surface area contributed by atoms with Gasteiger partial charge in [0.05, 0.1) is 0 Å². The van der Waals surface area contributed by atoms with Gasteiger partial charge in [0, 0.05) is 12.4 Å². The summed E-state index contributed by atoms with van der Waals surface area (Å²) in [7, 11) is 0. The number of aromatic nitrogens is 1. The van der Waals surface area contributed by atoms with Crippen LogP contribution >= 0.6 is 0 Å². The molecule has 0 saturated carbocycles. The molecule has 0 fully saturated rings. The van der Waals surface area contributed by atoms with Crippen LogP contribution in [0.3, 0.4) is 0 Å². The smallest absolute Gasteiger partial charge is 0.0340 e. The molecule has 0 atom stereocenters. The molecule has 2 nitrogen and oxygen atoms in total. The Morgan fingerprint density at radius 2 is 2.46 bits per heavy atom. The van der Waals surface area contributed by atoms with Crippen molar-refractivity contribution < 1.29 is 0 Å². The van der Waals surface area contributed by atoms with Crippen LogP contribution in [0.1, 0.15) is 18.9 Å². The molecule has 0 saturated heterocycles. The lowest BCUT2D eigenvalue weighted by atomic mass is 10.2. The first kappa shape index (κ1) is 9.93. The molecule has 1 aromatic rings. The van der Waals surface area contributed by atoms with Crippen molar-refractivity contribution in [2.45, 2.75) is 13.3 Å². The summed E-state index contributed by atoms with van der Waals surface area (Å²) >= 11 is 0. The molecule has 0 aliphatic rings. The van der Waals surface area contributed by atoms with Crippen molar-refractivity contribution in [1.29, 1.82) is 0 Å². The Morgan fingerprint density at radius 3 is 3.15 bits per heavy atom. The Balaban J connectivity index is 2.25. The molecule has 0 radical (unpaired) electrons. The molecular formula is C11H16N2. The second-order valence-electron chi connectivity index (χ2n) is 2.83. The Kier molecular flexibility index (Phi) is 4.87. The van der Waals surface area contributed by atoms with E-state index in [-0.39, 0.29) is 0 Å². The highest BCUT2D eigenvalue weighted by atomic mass is 14.8. The van der Waals surface area contributed by atoms with Gasteiger partial charge in [-0.2, -0.15) is 0 Å². The van der Waals surface area contributed by atoms with Crippen LogP contribution < -0.4 is 5.32 Å².